The minimum Gasteiger partial charge on any atom is -0.496 e. The third kappa shape index (κ3) is 3.61. The van der Waals surface area contributed by atoms with Gasteiger partial charge in [0.15, 0.2) is 5.13 Å². The number of rotatable bonds is 4. The molecular weight excluding hydrogens is 386 g/mol. The molecular formula is C22H21N3O3S. The van der Waals surface area contributed by atoms with Gasteiger partial charge < -0.3 is 9.64 Å². The number of ether oxygens (including phenoxy) is 1. The van der Waals surface area contributed by atoms with Crippen LogP contribution in [-0.4, -0.2) is 29.9 Å². The summed E-state index contributed by atoms with van der Waals surface area (Å²) in [5.41, 5.74) is 4.33. The summed E-state index contributed by atoms with van der Waals surface area (Å²) >= 11 is 1.37. The predicted molar refractivity (Wildman–Crippen MR) is 115 cm³/mol. The van der Waals surface area contributed by atoms with E-state index in [1.165, 1.54) is 18.4 Å². The van der Waals surface area contributed by atoms with E-state index < -0.39 is 0 Å². The van der Waals surface area contributed by atoms with E-state index in [9.17, 15) is 9.59 Å². The van der Waals surface area contributed by atoms with Crippen molar-refractivity contribution in [3.05, 3.63) is 59.0 Å². The molecule has 2 aromatic carbocycles. The highest BCUT2D eigenvalue weighted by atomic mass is 32.1. The van der Waals surface area contributed by atoms with Crippen molar-refractivity contribution in [1.82, 2.24) is 4.98 Å². The van der Waals surface area contributed by atoms with Gasteiger partial charge in [-0.05, 0) is 43.2 Å². The summed E-state index contributed by atoms with van der Waals surface area (Å²) in [6.45, 7) is 3.64. The van der Waals surface area contributed by atoms with Crippen molar-refractivity contribution in [2.45, 2.75) is 26.3 Å². The fraction of sp³-hybridized carbons (Fsp3) is 0.227. The van der Waals surface area contributed by atoms with Gasteiger partial charge in [-0.3, -0.25) is 14.9 Å². The molecule has 1 N–H and O–H groups in total. The molecule has 29 heavy (non-hydrogen) atoms. The zero-order chi connectivity index (χ0) is 20.5. The van der Waals surface area contributed by atoms with Crippen molar-refractivity contribution in [1.29, 1.82) is 0 Å². The van der Waals surface area contributed by atoms with Gasteiger partial charge >= 0.3 is 0 Å². The summed E-state index contributed by atoms with van der Waals surface area (Å²) in [5.74, 6) is 0.312. The molecule has 1 unspecified atom stereocenters. The number of thiazole rings is 1. The predicted octanol–water partition coefficient (Wildman–Crippen LogP) is 4.37. The minimum absolute atomic E-state index is 0.0546. The molecule has 2 heterocycles. The van der Waals surface area contributed by atoms with Crippen LogP contribution in [0.2, 0.25) is 0 Å². The molecule has 148 valence electrons. The lowest BCUT2D eigenvalue weighted by atomic mass is 10.1. The van der Waals surface area contributed by atoms with E-state index in [2.05, 4.69) is 23.3 Å². The van der Waals surface area contributed by atoms with E-state index >= 15 is 0 Å². The van der Waals surface area contributed by atoms with Crippen LogP contribution in [0.4, 0.5) is 10.8 Å². The third-order valence-electron chi connectivity index (χ3n) is 5.01. The average molecular weight is 407 g/mol. The number of aromatic nitrogens is 1. The Labute approximate surface area is 173 Å². The maximum absolute atomic E-state index is 12.6. The van der Waals surface area contributed by atoms with Crippen LogP contribution in [0.25, 0.3) is 11.3 Å². The average Bonchev–Trinajstić information content (AvgIpc) is 3.30. The Bertz CT molecular complexity index is 1090. The molecule has 2 amide bonds. The summed E-state index contributed by atoms with van der Waals surface area (Å²) in [6, 6.07) is 13.2. The summed E-state index contributed by atoms with van der Waals surface area (Å²) in [6.07, 6.45) is 0.824. The second-order valence-corrected chi connectivity index (χ2v) is 7.84. The van der Waals surface area contributed by atoms with Gasteiger partial charge in [-0.25, -0.2) is 4.98 Å². The number of carbonyl (C=O) groups excluding carboxylic acids is 2. The van der Waals surface area contributed by atoms with Crippen LogP contribution in [-0.2, 0) is 11.2 Å². The van der Waals surface area contributed by atoms with Crippen molar-refractivity contribution in [2.75, 3.05) is 17.3 Å². The van der Waals surface area contributed by atoms with E-state index in [1.807, 2.05) is 28.5 Å². The van der Waals surface area contributed by atoms with Gasteiger partial charge in [0.25, 0.3) is 5.91 Å². The molecule has 7 heteroatoms. The van der Waals surface area contributed by atoms with Gasteiger partial charge in [0.1, 0.15) is 5.75 Å². The smallest absolute Gasteiger partial charge is 0.261 e. The summed E-state index contributed by atoms with van der Waals surface area (Å²) < 4.78 is 5.25. The van der Waals surface area contributed by atoms with Crippen molar-refractivity contribution in [3.8, 4) is 17.0 Å². The lowest BCUT2D eigenvalue weighted by Gasteiger charge is -2.20. The van der Waals surface area contributed by atoms with Gasteiger partial charge in [0.05, 0.1) is 18.4 Å². The Balaban J connectivity index is 1.55. The lowest BCUT2D eigenvalue weighted by Crippen LogP contribution is -2.33. The maximum atomic E-state index is 12.6. The van der Waals surface area contributed by atoms with Crippen LogP contribution >= 0.6 is 11.3 Å². The number of anilines is 2. The zero-order valence-corrected chi connectivity index (χ0v) is 17.2. The molecule has 6 nitrogen and oxygen atoms in total. The Morgan fingerprint density at radius 2 is 2.03 bits per heavy atom. The van der Waals surface area contributed by atoms with Crippen LogP contribution in [0.3, 0.4) is 0 Å². The lowest BCUT2D eigenvalue weighted by molar-refractivity contribution is -0.116. The fourth-order valence-electron chi connectivity index (χ4n) is 3.73. The number of benzene rings is 2. The zero-order valence-electron chi connectivity index (χ0n) is 16.4. The molecule has 0 radical (unpaired) electrons. The van der Waals surface area contributed by atoms with Crippen LogP contribution in [0.5, 0.6) is 5.75 Å². The number of methoxy groups -OCH3 is 1. The van der Waals surface area contributed by atoms with Gasteiger partial charge in [0.2, 0.25) is 5.91 Å². The fourth-order valence-corrected chi connectivity index (χ4v) is 4.45. The number of hydrogen-bond donors (Lipinski definition) is 1. The van der Waals surface area contributed by atoms with Crippen LogP contribution in [0, 0.1) is 0 Å². The Kier molecular flexibility index (Phi) is 5.07. The van der Waals surface area contributed by atoms with Crippen LogP contribution < -0.4 is 15.0 Å². The molecule has 0 spiro atoms. The van der Waals surface area contributed by atoms with Gasteiger partial charge in [-0.1, -0.05) is 18.2 Å². The molecule has 1 atom stereocenters. The number of nitrogens with one attached hydrogen (secondary N) is 1. The third-order valence-corrected chi connectivity index (χ3v) is 5.76. The Morgan fingerprint density at radius 1 is 1.24 bits per heavy atom. The molecule has 1 aromatic heterocycles. The highest BCUT2D eigenvalue weighted by Crippen LogP contribution is 2.36. The molecule has 1 aliphatic heterocycles. The first-order valence-corrected chi connectivity index (χ1v) is 10.2. The highest BCUT2D eigenvalue weighted by molar-refractivity contribution is 7.14. The normalized spacial score (nSPS) is 15.1. The second-order valence-electron chi connectivity index (χ2n) is 6.98. The highest BCUT2D eigenvalue weighted by Gasteiger charge is 2.29. The van der Waals surface area contributed by atoms with Crippen LogP contribution in [0.15, 0.2) is 47.8 Å². The van der Waals surface area contributed by atoms with Crippen molar-refractivity contribution in [3.63, 3.8) is 0 Å². The Morgan fingerprint density at radius 3 is 2.79 bits per heavy atom. The standard InChI is InChI=1S/C22H21N3O3S/c1-13-10-16-11-15(8-9-19(16)25(13)14(2)26)18-12-29-22(23-18)24-21(27)17-6-4-5-7-20(17)28-3/h4-9,11-13H,10H2,1-3H3,(H,23,24,27). The summed E-state index contributed by atoms with van der Waals surface area (Å²) in [4.78, 5) is 30.9. The first-order chi connectivity index (χ1) is 14.0. The van der Waals surface area contributed by atoms with E-state index in [0.29, 0.717) is 16.4 Å². The summed E-state index contributed by atoms with van der Waals surface area (Å²) in [5, 5.41) is 5.28. The number of carbonyl (C=O) groups is 2. The van der Waals surface area contributed by atoms with Crippen LogP contribution in [0.1, 0.15) is 29.8 Å². The molecule has 1 aliphatic rings. The molecule has 0 fully saturated rings. The van der Waals surface area contributed by atoms with E-state index in [4.69, 9.17) is 4.74 Å². The van der Waals surface area contributed by atoms with Crippen molar-refractivity contribution < 1.29 is 14.3 Å². The molecule has 4 rings (SSSR count). The SMILES string of the molecule is COc1ccccc1C(=O)Nc1nc(-c2ccc3c(c2)CC(C)N3C(C)=O)cs1. The van der Waals surface area contributed by atoms with E-state index in [1.54, 1.807) is 25.1 Å². The van der Waals surface area contributed by atoms with Crippen molar-refractivity contribution >= 4 is 34.0 Å². The minimum atomic E-state index is -0.261. The molecule has 0 saturated carbocycles. The first-order valence-electron chi connectivity index (χ1n) is 9.31. The van der Waals surface area contributed by atoms with Gasteiger partial charge in [0, 0.05) is 29.6 Å². The largest absolute Gasteiger partial charge is 0.496 e. The van der Waals surface area contributed by atoms with Gasteiger partial charge in [-0.15, -0.1) is 11.3 Å². The molecule has 0 saturated heterocycles. The number of fused-ring (bicyclic) bond motifs is 1. The number of amides is 2. The first kappa shape index (κ1) is 19.1. The maximum Gasteiger partial charge on any atom is 0.261 e. The quantitative estimate of drug-likeness (QED) is 0.697. The Hall–Kier alpha value is -3.19. The van der Waals surface area contributed by atoms with E-state index in [-0.39, 0.29) is 17.9 Å². The van der Waals surface area contributed by atoms with Crippen molar-refractivity contribution in [2.24, 2.45) is 0 Å². The second kappa shape index (κ2) is 7.67. The topological polar surface area (TPSA) is 71.5 Å². The molecule has 0 aliphatic carbocycles. The molecule has 3 aromatic rings. The number of para-hydroxylation sites is 1. The number of nitrogens with zero attached hydrogens (tertiary/aromatic N) is 2. The van der Waals surface area contributed by atoms with E-state index in [0.717, 1.165) is 28.9 Å². The van der Waals surface area contributed by atoms with Gasteiger partial charge in [-0.2, -0.15) is 0 Å². The summed E-state index contributed by atoms with van der Waals surface area (Å²) in [7, 11) is 1.54. The molecule has 0 bridgehead atoms. The monoisotopic (exact) mass is 407 g/mol. The number of hydrogen-bond acceptors (Lipinski definition) is 5.